The SMILES string of the molecule is CN1CCN(c2ccc(C(F)(F)F)cc2NC(=O)C=Cc2cccc([N+](=O)[O-])c2)CC1. The molecule has 3 rings (SSSR count). The number of hydrogen-bond donors (Lipinski definition) is 1. The summed E-state index contributed by atoms with van der Waals surface area (Å²) in [6.07, 6.45) is -2.04. The highest BCUT2D eigenvalue weighted by Gasteiger charge is 2.32. The summed E-state index contributed by atoms with van der Waals surface area (Å²) in [6, 6.07) is 8.97. The fraction of sp³-hybridized carbons (Fsp3) is 0.286. The fourth-order valence-electron chi connectivity index (χ4n) is 3.22. The number of piperazine rings is 1. The summed E-state index contributed by atoms with van der Waals surface area (Å²) >= 11 is 0. The molecular formula is C21H21F3N4O3. The molecule has 0 saturated carbocycles. The Bertz CT molecular complexity index is 1000. The minimum atomic E-state index is -4.54. The fourth-order valence-corrected chi connectivity index (χ4v) is 3.22. The first-order chi connectivity index (χ1) is 14.6. The lowest BCUT2D eigenvalue weighted by atomic mass is 10.1. The predicted molar refractivity (Wildman–Crippen MR) is 112 cm³/mol. The number of nitro groups is 1. The first kappa shape index (κ1) is 22.3. The molecule has 2 aromatic carbocycles. The number of likely N-dealkylation sites (N-methyl/N-ethyl adjacent to an activating group) is 1. The zero-order valence-corrected chi connectivity index (χ0v) is 16.7. The van der Waals surface area contributed by atoms with Crippen LogP contribution in [0.4, 0.5) is 30.2 Å². The standard InChI is InChI=1S/C21H21F3N4O3/c1-26-9-11-27(12-10-26)19-7-6-16(21(22,23)24)14-18(19)25-20(29)8-5-15-3-2-4-17(13-15)28(30)31/h2-8,13-14H,9-12H2,1H3,(H,25,29). The van der Waals surface area contributed by atoms with E-state index in [1.165, 1.54) is 30.3 Å². The maximum absolute atomic E-state index is 13.2. The van der Waals surface area contributed by atoms with E-state index in [0.717, 1.165) is 31.3 Å². The maximum Gasteiger partial charge on any atom is 0.416 e. The molecule has 1 aliphatic heterocycles. The van der Waals surface area contributed by atoms with Gasteiger partial charge < -0.3 is 15.1 Å². The van der Waals surface area contributed by atoms with E-state index < -0.39 is 22.6 Å². The van der Waals surface area contributed by atoms with Crippen LogP contribution in [0.3, 0.4) is 0 Å². The average molecular weight is 434 g/mol. The Morgan fingerprint density at radius 1 is 1.13 bits per heavy atom. The first-order valence-electron chi connectivity index (χ1n) is 9.52. The molecule has 0 aromatic heterocycles. The third-order valence-corrected chi connectivity index (χ3v) is 4.93. The van der Waals surface area contributed by atoms with Gasteiger partial charge >= 0.3 is 6.18 Å². The molecular weight excluding hydrogens is 413 g/mol. The van der Waals surface area contributed by atoms with Crippen LogP contribution in [0.1, 0.15) is 11.1 Å². The molecule has 1 fully saturated rings. The highest BCUT2D eigenvalue weighted by atomic mass is 19.4. The minimum absolute atomic E-state index is 0.0630. The maximum atomic E-state index is 13.2. The lowest BCUT2D eigenvalue weighted by Crippen LogP contribution is -2.44. The Morgan fingerprint density at radius 2 is 1.84 bits per heavy atom. The van der Waals surface area contributed by atoms with Gasteiger partial charge in [-0.2, -0.15) is 13.2 Å². The van der Waals surface area contributed by atoms with Gasteiger partial charge in [-0.1, -0.05) is 12.1 Å². The molecule has 1 aliphatic rings. The molecule has 0 spiro atoms. The molecule has 0 radical (unpaired) electrons. The van der Waals surface area contributed by atoms with Crippen LogP contribution < -0.4 is 10.2 Å². The number of benzene rings is 2. The van der Waals surface area contributed by atoms with Crippen molar-refractivity contribution in [2.45, 2.75) is 6.18 Å². The number of anilines is 2. The lowest BCUT2D eigenvalue weighted by molar-refractivity contribution is -0.384. The molecule has 0 bridgehead atoms. The molecule has 10 heteroatoms. The third-order valence-electron chi connectivity index (χ3n) is 4.93. The van der Waals surface area contributed by atoms with Gasteiger partial charge in [-0.25, -0.2) is 0 Å². The van der Waals surface area contributed by atoms with E-state index in [9.17, 15) is 28.1 Å². The number of nitrogens with zero attached hydrogens (tertiary/aromatic N) is 3. The van der Waals surface area contributed by atoms with Gasteiger partial charge in [0.05, 0.1) is 21.9 Å². The topological polar surface area (TPSA) is 78.7 Å². The molecule has 164 valence electrons. The van der Waals surface area contributed by atoms with E-state index in [-0.39, 0.29) is 11.4 Å². The van der Waals surface area contributed by atoms with E-state index in [2.05, 4.69) is 10.2 Å². The number of nitrogens with one attached hydrogen (secondary N) is 1. The van der Waals surface area contributed by atoms with Crippen LogP contribution in [0.25, 0.3) is 6.08 Å². The molecule has 0 aliphatic carbocycles. The molecule has 1 amide bonds. The molecule has 7 nitrogen and oxygen atoms in total. The van der Waals surface area contributed by atoms with Gasteiger partial charge in [0.2, 0.25) is 5.91 Å². The van der Waals surface area contributed by atoms with Gasteiger partial charge in [0.1, 0.15) is 0 Å². The van der Waals surface area contributed by atoms with Gasteiger partial charge in [0, 0.05) is 44.4 Å². The van der Waals surface area contributed by atoms with Crippen molar-refractivity contribution in [3.8, 4) is 0 Å². The summed E-state index contributed by atoms with van der Waals surface area (Å²) in [4.78, 5) is 26.8. The van der Waals surface area contributed by atoms with Gasteiger partial charge in [-0.15, -0.1) is 0 Å². The number of rotatable bonds is 5. The van der Waals surface area contributed by atoms with Crippen molar-refractivity contribution in [3.05, 3.63) is 69.8 Å². The molecule has 31 heavy (non-hydrogen) atoms. The molecule has 1 N–H and O–H groups in total. The summed E-state index contributed by atoms with van der Waals surface area (Å²) in [5, 5.41) is 13.4. The normalized spacial score (nSPS) is 15.3. The van der Waals surface area contributed by atoms with Gasteiger partial charge in [0.15, 0.2) is 0 Å². The quantitative estimate of drug-likeness (QED) is 0.437. The van der Waals surface area contributed by atoms with Gasteiger partial charge in [-0.05, 0) is 36.9 Å². The second kappa shape index (κ2) is 9.17. The summed E-state index contributed by atoms with van der Waals surface area (Å²) in [5.74, 6) is -0.638. The Morgan fingerprint density at radius 3 is 2.48 bits per heavy atom. The largest absolute Gasteiger partial charge is 0.416 e. The van der Waals surface area contributed by atoms with Crippen LogP contribution in [0, 0.1) is 10.1 Å². The first-order valence-corrected chi connectivity index (χ1v) is 9.52. The third kappa shape index (κ3) is 5.82. The monoisotopic (exact) mass is 434 g/mol. The molecule has 2 aromatic rings. The van der Waals surface area contributed by atoms with Crippen LogP contribution >= 0.6 is 0 Å². The molecule has 1 saturated heterocycles. The van der Waals surface area contributed by atoms with Gasteiger partial charge in [0.25, 0.3) is 5.69 Å². The Hall–Kier alpha value is -3.40. The van der Waals surface area contributed by atoms with Crippen molar-refractivity contribution in [2.24, 2.45) is 0 Å². The predicted octanol–water partition coefficient (Wildman–Crippen LogP) is 4.02. The second-order valence-electron chi connectivity index (χ2n) is 7.19. The van der Waals surface area contributed by atoms with Crippen LogP contribution in [0.5, 0.6) is 0 Å². The highest BCUT2D eigenvalue weighted by Crippen LogP contribution is 2.35. The van der Waals surface area contributed by atoms with Crippen LogP contribution in [0.15, 0.2) is 48.5 Å². The summed E-state index contributed by atoms with van der Waals surface area (Å²) in [5.41, 5.74) is 0.0140. The summed E-state index contributed by atoms with van der Waals surface area (Å²) in [6.45, 7) is 2.74. The lowest BCUT2D eigenvalue weighted by Gasteiger charge is -2.35. The van der Waals surface area contributed by atoms with E-state index in [1.54, 1.807) is 6.07 Å². The number of nitro benzene ring substituents is 1. The molecule has 1 heterocycles. The number of amides is 1. The molecule has 0 atom stereocenters. The number of alkyl halides is 3. The average Bonchev–Trinajstić information content (AvgIpc) is 2.72. The number of carbonyl (C=O) groups excluding carboxylic acids is 1. The highest BCUT2D eigenvalue weighted by molar-refractivity contribution is 6.04. The van der Waals surface area contributed by atoms with Crippen molar-refractivity contribution in [3.63, 3.8) is 0 Å². The zero-order valence-electron chi connectivity index (χ0n) is 16.7. The zero-order chi connectivity index (χ0) is 22.6. The van der Waals surface area contributed by atoms with Crippen molar-refractivity contribution in [1.82, 2.24) is 4.90 Å². The van der Waals surface area contributed by atoms with Crippen LogP contribution in [0.2, 0.25) is 0 Å². The molecule has 0 unspecified atom stereocenters. The number of carbonyl (C=O) groups is 1. The Labute approximate surface area is 176 Å². The number of halogens is 3. The van der Waals surface area contributed by atoms with E-state index in [0.29, 0.717) is 24.3 Å². The minimum Gasteiger partial charge on any atom is -0.367 e. The van der Waals surface area contributed by atoms with Crippen molar-refractivity contribution in [2.75, 3.05) is 43.4 Å². The Balaban J connectivity index is 1.83. The number of hydrogen-bond acceptors (Lipinski definition) is 5. The van der Waals surface area contributed by atoms with Crippen molar-refractivity contribution >= 4 is 29.0 Å². The number of non-ortho nitro benzene ring substituents is 1. The van der Waals surface area contributed by atoms with E-state index >= 15 is 0 Å². The van der Waals surface area contributed by atoms with Crippen LogP contribution in [-0.2, 0) is 11.0 Å². The van der Waals surface area contributed by atoms with Crippen LogP contribution in [-0.4, -0.2) is 49.0 Å². The second-order valence-corrected chi connectivity index (χ2v) is 7.19. The van der Waals surface area contributed by atoms with E-state index in [1.807, 2.05) is 11.9 Å². The summed E-state index contributed by atoms with van der Waals surface area (Å²) in [7, 11) is 1.96. The Kier molecular flexibility index (Phi) is 6.59. The smallest absolute Gasteiger partial charge is 0.367 e. The van der Waals surface area contributed by atoms with Crippen molar-refractivity contribution < 1.29 is 22.9 Å². The van der Waals surface area contributed by atoms with Crippen molar-refractivity contribution in [1.29, 1.82) is 0 Å². The summed E-state index contributed by atoms with van der Waals surface area (Å²) < 4.78 is 39.6. The van der Waals surface area contributed by atoms with Gasteiger partial charge in [-0.3, -0.25) is 14.9 Å². The van der Waals surface area contributed by atoms with E-state index in [4.69, 9.17) is 0 Å².